The third-order valence-corrected chi connectivity index (χ3v) is 6.70. The van der Waals surface area contributed by atoms with Gasteiger partial charge in [0.05, 0.1) is 12.1 Å². The molecule has 3 aromatic rings. The first-order valence-corrected chi connectivity index (χ1v) is 11.2. The van der Waals surface area contributed by atoms with Crippen LogP contribution in [0.25, 0.3) is 15.6 Å². The Kier molecular flexibility index (Phi) is 5.56. The van der Waals surface area contributed by atoms with Crippen molar-refractivity contribution in [1.29, 1.82) is 0 Å². The Hall–Kier alpha value is -3.16. The van der Waals surface area contributed by atoms with E-state index in [2.05, 4.69) is 54.0 Å². The van der Waals surface area contributed by atoms with E-state index in [0.29, 0.717) is 5.69 Å². The van der Waals surface area contributed by atoms with Crippen LogP contribution in [0.4, 0.5) is 11.4 Å². The van der Waals surface area contributed by atoms with Gasteiger partial charge in [0, 0.05) is 18.8 Å². The van der Waals surface area contributed by atoms with Gasteiger partial charge in [-0.25, -0.2) is 4.85 Å². The van der Waals surface area contributed by atoms with Crippen LogP contribution in [-0.2, 0) is 23.2 Å². The Bertz CT molecular complexity index is 1230. The lowest BCUT2D eigenvalue weighted by molar-refractivity contribution is -0.126. The molecule has 0 aromatic heterocycles. The van der Waals surface area contributed by atoms with Crippen molar-refractivity contribution >= 4 is 28.1 Å². The molecule has 4 nitrogen and oxygen atoms in total. The summed E-state index contributed by atoms with van der Waals surface area (Å²) in [5.74, 6) is -0.0343. The lowest BCUT2D eigenvalue weighted by Crippen LogP contribution is -2.54. The van der Waals surface area contributed by atoms with Crippen molar-refractivity contribution in [3.63, 3.8) is 0 Å². The number of amides is 1. The molecule has 0 saturated heterocycles. The third-order valence-electron chi connectivity index (χ3n) is 6.70. The maximum atomic E-state index is 13.4. The Morgan fingerprint density at radius 3 is 2.38 bits per heavy atom. The van der Waals surface area contributed by atoms with Crippen molar-refractivity contribution in [2.75, 3.05) is 11.9 Å². The molecule has 1 aliphatic heterocycles. The van der Waals surface area contributed by atoms with E-state index in [1.807, 2.05) is 44.2 Å². The minimum atomic E-state index is -0.667. The minimum Gasteiger partial charge on any atom is -0.324 e. The topological polar surface area (TPSA) is 36.7 Å². The summed E-state index contributed by atoms with van der Waals surface area (Å²) in [7, 11) is 0. The molecule has 1 aliphatic rings. The van der Waals surface area contributed by atoms with Gasteiger partial charge in [-0.2, -0.15) is 0 Å². The summed E-state index contributed by atoms with van der Waals surface area (Å²) in [5.41, 5.74) is 4.87. The van der Waals surface area contributed by atoms with Crippen molar-refractivity contribution in [3.05, 3.63) is 82.7 Å². The molecule has 4 rings (SSSR count). The fraction of sp³-hybridized carbons (Fsp3) is 0.357. The molecule has 1 N–H and O–H groups in total. The second-order valence-electron chi connectivity index (χ2n) is 10.2. The number of nitrogens with zero attached hydrogens (tertiary/aromatic N) is 2. The number of carbonyl (C=O) groups is 1. The first kappa shape index (κ1) is 22.0. The Labute approximate surface area is 191 Å². The molecule has 0 atom stereocenters. The molecule has 3 aromatic carbocycles. The van der Waals surface area contributed by atoms with Crippen LogP contribution in [-0.4, -0.2) is 22.9 Å². The van der Waals surface area contributed by atoms with Crippen LogP contribution < -0.4 is 5.32 Å². The molecule has 164 valence electrons. The van der Waals surface area contributed by atoms with E-state index in [1.165, 1.54) is 16.7 Å². The van der Waals surface area contributed by atoms with Crippen molar-refractivity contribution in [2.45, 2.75) is 58.5 Å². The average molecular weight is 426 g/mol. The normalized spacial score (nSPS) is 14.6. The molecule has 0 unspecified atom stereocenters. The van der Waals surface area contributed by atoms with Gasteiger partial charge in [0.1, 0.15) is 0 Å². The molecule has 1 amide bonds. The summed E-state index contributed by atoms with van der Waals surface area (Å²) in [6, 6.07) is 18.1. The molecule has 0 radical (unpaired) electrons. The molecular weight excluding hydrogens is 394 g/mol. The second-order valence-corrected chi connectivity index (χ2v) is 10.2. The number of carbonyl (C=O) groups excluding carboxylic acids is 1. The van der Waals surface area contributed by atoms with Gasteiger partial charge < -0.3 is 5.32 Å². The number of hydrogen-bond acceptors (Lipinski definition) is 2. The summed E-state index contributed by atoms with van der Waals surface area (Å²) in [4.78, 5) is 19.3. The standard InChI is InChI=1S/C28H31N3O/c1-27(2,3)21-12-11-20-18-31(16-15-19(20)17-21)28(4,5)26(32)30-25-14-13-24(29-6)22-9-7-8-10-23(22)25/h7-14,17H,15-16,18H2,1-5H3,(H,30,32). The summed E-state index contributed by atoms with van der Waals surface area (Å²) < 4.78 is 0. The van der Waals surface area contributed by atoms with Gasteiger partial charge in [-0.3, -0.25) is 9.69 Å². The largest absolute Gasteiger partial charge is 0.324 e. The summed E-state index contributed by atoms with van der Waals surface area (Å²) in [6.07, 6.45) is 0.943. The second kappa shape index (κ2) is 8.07. The van der Waals surface area contributed by atoms with E-state index in [9.17, 15) is 4.79 Å². The highest BCUT2D eigenvalue weighted by Gasteiger charge is 2.36. The van der Waals surface area contributed by atoms with Gasteiger partial charge in [-0.05, 0) is 59.2 Å². The van der Waals surface area contributed by atoms with Crippen molar-refractivity contribution in [2.24, 2.45) is 0 Å². The van der Waals surface area contributed by atoms with Gasteiger partial charge >= 0.3 is 0 Å². The average Bonchev–Trinajstić information content (AvgIpc) is 2.77. The molecular formula is C28H31N3O. The van der Waals surface area contributed by atoms with Crippen molar-refractivity contribution < 1.29 is 4.79 Å². The predicted octanol–water partition coefficient (Wildman–Crippen LogP) is 6.46. The highest BCUT2D eigenvalue weighted by molar-refractivity contribution is 6.08. The maximum Gasteiger partial charge on any atom is 0.244 e. The molecule has 0 bridgehead atoms. The zero-order chi connectivity index (χ0) is 23.1. The fourth-order valence-corrected chi connectivity index (χ4v) is 4.41. The SMILES string of the molecule is [C-]#[N+]c1ccc(NC(=O)C(C)(C)N2CCc3cc(C(C)(C)C)ccc3C2)c2ccccc12. The van der Waals surface area contributed by atoms with Gasteiger partial charge in [0.15, 0.2) is 5.69 Å². The van der Waals surface area contributed by atoms with E-state index < -0.39 is 5.54 Å². The van der Waals surface area contributed by atoms with Gasteiger partial charge in [0.25, 0.3) is 0 Å². The van der Waals surface area contributed by atoms with Crippen LogP contribution in [0, 0.1) is 6.57 Å². The van der Waals surface area contributed by atoms with Gasteiger partial charge in [0.2, 0.25) is 5.91 Å². The lowest BCUT2D eigenvalue weighted by Gasteiger charge is -2.40. The zero-order valence-electron chi connectivity index (χ0n) is 19.6. The lowest BCUT2D eigenvalue weighted by atomic mass is 9.83. The zero-order valence-corrected chi connectivity index (χ0v) is 19.6. The van der Waals surface area contributed by atoms with Crippen LogP contribution in [0.2, 0.25) is 0 Å². The van der Waals surface area contributed by atoms with Crippen LogP contribution >= 0.6 is 0 Å². The van der Waals surface area contributed by atoms with Gasteiger partial charge in [-0.1, -0.05) is 69.3 Å². The van der Waals surface area contributed by atoms with Crippen LogP contribution in [0.15, 0.2) is 54.6 Å². The Morgan fingerprint density at radius 1 is 0.969 bits per heavy atom. The van der Waals surface area contributed by atoms with Gasteiger partial charge in [-0.15, -0.1) is 0 Å². The van der Waals surface area contributed by atoms with E-state index in [0.717, 1.165) is 36.0 Å². The third kappa shape index (κ3) is 4.01. The van der Waals surface area contributed by atoms with E-state index in [1.54, 1.807) is 6.07 Å². The minimum absolute atomic E-state index is 0.0343. The summed E-state index contributed by atoms with van der Waals surface area (Å²) >= 11 is 0. The fourth-order valence-electron chi connectivity index (χ4n) is 4.41. The Balaban J connectivity index is 1.57. The van der Waals surface area contributed by atoms with E-state index in [-0.39, 0.29) is 11.3 Å². The van der Waals surface area contributed by atoms with Crippen molar-refractivity contribution in [3.8, 4) is 0 Å². The number of rotatable bonds is 3. The van der Waals surface area contributed by atoms with E-state index >= 15 is 0 Å². The van der Waals surface area contributed by atoms with Crippen LogP contribution in [0.1, 0.15) is 51.3 Å². The summed E-state index contributed by atoms with van der Waals surface area (Å²) in [6.45, 7) is 19.7. The molecule has 0 spiro atoms. The van der Waals surface area contributed by atoms with Crippen LogP contribution in [0.3, 0.4) is 0 Å². The number of anilines is 1. The van der Waals surface area contributed by atoms with E-state index in [4.69, 9.17) is 6.57 Å². The molecule has 0 fully saturated rings. The maximum absolute atomic E-state index is 13.4. The number of nitrogens with one attached hydrogen (secondary N) is 1. The Morgan fingerprint density at radius 2 is 1.69 bits per heavy atom. The number of hydrogen-bond donors (Lipinski definition) is 1. The highest BCUT2D eigenvalue weighted by atomic mass is 16.2. The monoisotopic (exact) mass is 425 g/mol. The number of benzene rings is 3. The first-order valence-electron chi connectivity index (χ1n) is 11.2. The van der Waals surface area contributed by atoms with Crippen molar-refractivity contribution in [1.82, 2.24) is 4.90 Å². The summed E-state index contributed by atoms with van der Waals surface area (Å²) in [5, 5.41) is 4.90. The number of fused-ring (bicyclic) bond motifs is 2. The molecule has 4 heteroatoms. The highest BCUT2D eigenvalue weighted by Crippen LogP contribution is 2.34. The molecule has 32 heavy (non-hydrogen) atoms. The quantitative estimate of drug-likeness (QED) is 0.489. The molecule has 0 aliphatic carbocycles. The predicted molar refractivity (Wildman–Crippen MR) is 132 cm³/mol. The first-order chi connectivity index (χ1) is 15.1. The smallest absolute Gasteiger partial charge is 0.244 e. The molecule has 0 saturated carbocycles. The molecule has 1 heterocycles. The van der Waals surface area contributed by atoms with Crippen LogP contribution in [0.5, 0.6) is 0 Å².